The molecule has 1 saturated heterocycles. The highest BCUT2D eigenvalue weighted by atomic mass is 32.1. The van der Waals surface area contributed by atoms with Gasteiger partial charge in [0, 0.05) is 18.7 Å². The van der Waals surface area contributed by atoms with E-state index in [9.17, 15) is 9.59 Å². The van der Waals surface area contributed by atoms with Crippen LogP contribution < -0.4 is 10.9 Å². The Bertz CT molecular complexity index is 1100. The molecule has 0 saturated carbocycles. The van der Waals surface area contributed by atoms with Crippen LogP contribution in [0.15, 0.2) is 29.2 Å². The SMILES string of the molecule is Cc1nc2cc(-c3cnc(NC(=O)C4CCOC(C)(C)C4)s3)ccc2c(=O)[nH]1. The van der Waals surface area contributed by atoms with Crippen molar-refractivity contribution < 1.29 is 9.53 Å². The highest BCUT2D eigenvalue weighted by molar-refractivity contribution is 7.19. The molecule has 7 nitrogen and oxygen atoms in total. The fraction of sp³-hybridized carbons (Fsp3) is 0.400. The Hall–Kier alpha value is -2.58. The third-order valence-corrected chi connectivity index (χ3v) is 5.88. The second kappa shape index (κ2) is 7.10. The minimum Gasteiger partial charge on any atom is -0.376 e. The molecule has 1 fully saturated rings. The number of aryl methyl sites for hydroxylation is 1. The number of benzene rings is 1. The van der Waals surface area contributed by atoms with Gasteiger partial charge in [-0.05, 0) is 51.3 Å². The standard InChI is InChI=1S/C20H22N4O3S/c1-11-22-15-8-12(4-5-14(15)18(26)23-11)16-10-21-19(28-16)24-17(25)13-6-7-27-20(2,3)9-13/h4-5,8,10,13H,6-7,9H2,1-3H3,(H,21,24,25)(H,22,23,26). The lowest BCUT2D eigenvalue weighted by molar-refractivity contribution is -0.130. The van der Waals surface area contributed by atoms with Crippen molar-refractivity contribution in [3.05, 3.63) is 40.6 Å². The molecule has 0 aliphatic carbocycles. The zero-order chi connectivity index (χ0) is 19.9. The van der Waals surface area contributed by atoms with Crippen molar-refractivity contribution in [3.63, 3.8) is 0 Å². The molecule has 1 aliphatic heterocycles. The van der Waals surface area contributed by atoms with Gasteiger partial charge in [-0.2, -0.15) is 0 Å². The number of fused-ring (bicyclic) bond motifs is 1. The molecule has 3 heterocycles. The number of carbonyl (C=O) groups is 1. The average molecular weight is 398 g/mol. The molecular weight excluding hydrogens is 376 g/mol. The van der Waals surface area contributed by atoms with E-state index in [0.29, 0.717) is 34.9 Å². The van der Waals surface area contributed by atoms with Crippen LogP contribution in [0.1, 0.15) is 32.5 Å². The van der Waals surface area contributed by atoms with Crippen molar-refractivity contribution in [2.24, 2.45) is 5.92 Å². The summed E-state index contributed by atoms with van der Waals surface area (Å²) >= 11 is 1.41. The quantitative estimate of drug-likeness (QED) is 0.704. The van der Waals surface area contributed by atoms with E-state index in [-0.39, 0.29) is 23.0 Å². The zero-order valence-corrected chi connectivity index (χ0v) is 16.9. The number of nitrogens with one attached hydrogen (secondary N) is 2. The Morgan fingerprint density at radius 2 is 2.21 bits per heavy atom. The highest BCUT2D eigenvalue weighted by Gasteiger charge is 2.33. The summed E-state index contributed by atoms with van der Waals surface area (Å²) in [6.07, 6.45) is 3.15. The molecule has 0 bridgehead atoms. The molecule has 2 N–H and O–H groups in total. The van der Waals surface area contributed by atoms with Crippen molar-refractivity contribution in [1.29, 1.82) is 0 Å². The van der Waals surface area contributed by atoms with Crippen LogP contribution in [0, 0.1) is 12.8 Å². The average Bonchev–Trinajstić information content (AvgIpc) is 3.08. The fourth-order valence-corrected chi connectivity index (χ4v) is 4.35. The van der Waals surface area contributed by atoms with Crippen LogP contribution in [-0.4, -0.2) is 33.1 Å². The fourth-order valence-electron chi connectivity index (χ4n) is 3.54. The Kier molecular flexibility index (Phi) is 4.76. The van der Waals surface area contributed by atoms with Gasteiger partial charge in [0.25, 0.3) is 5.56 Å². The molecule has 1 aromatic carbocycles. The molecule has 0 spiro atoms. The molecular formula is C20H22N4O3S. The van der Waals surface area contributed by atoms with Crippen molar-refractivity contribution >= 4 is 33.3 Å². The van der Waals surface area contributed by atoms with Crippen molar-refractivity contribution in [1.82, 2.24) is 15.0 Å². The third-order valence-electron chi connectivity index (χ3n) is 4.91. The van der Waals surface area contributed by atoms with E-state index in [4.69, 9.17) is 4.74 Å². The molecule has 0 radical (unpaired) electrons. The number of ether oxygens (including phenoxy) is 1. The van der Waals surface area contributed by atoms with Gasteiger partial charge in [-0.3, -0.25) is 9.59 Å². The van der Waals surface area contributed by atoms with Crippen LogP contribution in [0.2, 0.25) is 0 Å². The van der Waals surface area contributed by atoms with Crippen LogP contribution in [-0.2, 0) is 9.53 Å². The maximum Gasteiger partial charge on any atom is 0.258 e. The molecule has 1 aliphatic rings. The smallest absolute Gasteiger partial charge is 0.258 e. The maximum absolute atomic E-state index is 12.6. The summed E-state index contributed by atoms with van der Waals surface area (Å²) in [5.41, 5.74) is 1.13. The molecule has 28 heavy (non-hydrogen) atoms. The van der Waals surface area contributed by atoms with E-state index in [0.717, 1.165) is 16.9 Å². The summed E-state index contributed by atoms with van der Waals surface area (Å²) in [4.78, 5) is 37.0. The highest BCUT2D eigenvalue weighted by Crippen LogP contribution is 2.32. The lowest BCUT2D eigenvalue weighted by Gasteiger charge is -2.34. The molecule has 2 aromatic heterocycles. The van der Waals surface area contributed by atoms with E-state index < -0.39 is 0 Å². The summed E-state index contributed by atoms with van der Waals surface area (Å²) in [5.74, 6) is 0.488. The number of hydrogen-bond donors (Lipinski definition) is 2. The summed E-state index contributed by atoms with van der Waals surface area (Å²) in [5, 5.41) is 4.06. The number of rotatable bonds is 3. The summed E-state index contributed by atoms with van der Waals surface area (Å²) in [6.45, 7) is 6.37. The van der Waals surface area contributed by atoms with Gasteiger partial charge in [0.05, 0.1) is 21.4 Å². The normalized spacial score (nSPS) is 18.9. The van der Waals surface area contributed by atoms with E-state index in [2.05, 4.69) is 20.3 Å². The second-order valence-corrected chi connectivity index (χ2v) is 8.73. The Labute approximate surface area is 166 Å². The van der Waals surface area contributed by atoms with Gasteiger partial charge >= 0.3 is 0 Å². The Balaban J connectivity index is 1.54. The largest absolute Gasteiger partial charge is 0.376 e. The van der Waals surface area contributed by atoms with Crippen LogP contribution >= 0.6 is 11.3 Å². The van der Waals surface area contributed by atoms with Crippen LogP contribution in [0.5, 0.6) is 0 Å². The Morgan fingerprint density at radius 3 is 3.00 bits per heavy atom. The van der Waals surface area contributed by atoms with Gasteiger partial charge in [0.1, 0.15) is 5.82 Å². The maximum atomic E-state index is 12.6. The van der Waals surface area contributed by atoms with Crippen molar-refractivity contribution in [3.8, 4) is 10.4 Å². The molecule has 1 unspecified atom stereocenters. The second-order valence-electron chi connectivity index (χ2n) is 7.70. The van der Waals surface area contributed by atoms with E-state index >= 15 is 0 Å². The number of aromatic nitrogens is 3. The predicted octanol–water partition coefficient (Wildman–Crippen LogP) is 3.50. The third kappa shape index (κ3) is 3.83. The molecule has 3 aromatic rings. The summed E-state index contributed by atoms with van der Waals surface area (Å²) < 4.78 is 5.69. The van der Waals surface area contributed by atoms with Crippen molar-refractivity contribution in [2.75, 3.05) is 11.9 Å². The molecule has 8 heteroatoms. The number of thiazole rings is 1. The predicted molar refractivity (Wildman–Crippen MR) is 110 cm³/mol. The number of carbonyl (C=O) groups excluding carboxylic acids is 1. The number of hydrogen-bond acceptors (Lipinski definition) is 6. The first-order chi connectivity index (χ1) is 13.3. The number of aromatic amines is 1. The van der Waals surface area contributed by atoms with Crippen LogP contribution in [0.3, 0.4) is 0 Å². The summed E-state index contributed by atoms with van der Waals surface area (Å²) in [7, 11) is 0. The van der Waals surface area contributed by atoms with Gasteiger partial charge in [0.15, 0.2) is 5.13 Å². The zero-order valence-electron chi connectivity index (χ0n) is 16.0. The molecule has 1 atom stereocenters. The molecule has 146 valence electrons. The number of amides is 1. The Morgan fingerprint density at radius 1 is 1.39 bits per heavy atom. The van der Waals surface area contributed by atoms with Gasteiger partial charge in [-0.15, -0.1) is 0 Å². The first kappa shape index (κ1) is 18.8. The van der Waals surface area contributed by atoms with E-state index in [1.807, 2.05) is 26.0 Å². The summed E-state index contributed by atoms with van der Waals surface area (Å²) in [6, 6.07) is 5.50. The number of nitrogens with zero attached hydrogens (tertiary/aromatic N) is 2. The van der Waals surface area contributed by atoms with Gasteiger partial charge in [-0.1, -0.05) is 17.4 Å². The van der Waals surface area contributed by atoms with Crippen molar-refractivity contribution in [2.45, 2.75) is 39.2 Å². The first-order valence-electron chi connectivity index (χ1n) is 9.22. The minimum absolute atomic E-state index is 0.0142. The number of H-pyrrole nitrogens is 1. The van der Waals surface area contributed by atoms with Gasteiger partial charge < -0.3 is 15.0 Å². The van der Waals surface area contributed by atoms with Crippen LogP contribution in [0.25, 0.3) is 21.3 Å². The first-order valence-corrected chi connectivity index (χ1v) is 10.0. The van der Waals surface area contributed by atoms with Gasteiger partial charge in [-0.25, -0.2) is 9.97 Å². The lowest BCUT2D eigenvalue weighted by Crippen LogP contribution is -2.39. The number of anilines is 1. The minimum atomic E-state index is -0.275. The van der Waals surface area contributed by atoms with E-state index in [1.54, 1.807) is 19.2 Å². The van der Waals surface area contributed by atoms with E-state index in [1.165, 1.54) is 11.3 Å². The lowest BCUT2D eigenvalue weighted by atomic mass is 9.88. The topological polar surface area (TPSA) is 97.0 Å². The molecule has 4 rings (SSSR count). The van der Waals surface area contributed by atoms with Crippen LogP contribution in [0.4, 0.5) is 5.13 Å². The van der Waals surface area contributed by atoms with Gasteiger partial charge in [0.2, 0.25) is 5.91 Å². The monoisotopic (exact) mass is 398 g/mol. The molecule has 1 amide bonds.